The first-order valence-electron chi connectivity index (χ1n) is 10.2. The fraction of sp³-hybridized carbons (Fsp3) is 0.842. The number of likely N-dealkylation sites (tertiary alicyclic amines) is 1. The summed E-state index contributed by atoms with van der Waals surface area (Å²) in [5.41, 5.74) is 0.443. The Balaban J connectivity index is 1.38. The van der Waals surface area contributed by atoms with Crippen molar-refractivity contribution in [1.82, 2.24) is 30.5 Å². The number of carbonyl (C=O) groups is 1. The number of hydrogen-bond acceptors (Lipinski definition) is 5. The normalized spacial score (nSPS) is 20.6. The molecule has 2 aliphatic rings. The van der Waals surface area contributed by atoms with Crippen molar-refractivity contribution in [3.05, 3.63) is 11.9 Å². The minimum atomic E-state index is -0.0904. The van der Waals surface area contributed by atoms with Gasteiger partial charge < -0.3 is 15.5 Å². The summed E-state index contributed by atoms with van der Waals surface area (Å²) < 4.78 is 1.86. The van der Waals surface area contributed by atoms with Crippen LogP contribution in [0.1, 0.15) is 62.5 Å². The van der Waals surface area contributed by atoms with Crippen LogP contribution in [0.25, 0.3) is 0 Å². The van der Waals surface area contributed by atoms with E-state index in [0.717, 1.165) is 51.5 Å². The van der Waals surface area contributed by atoms with Crippen molar-refractivity contribution in [3.63, 3.8) is 0 Å². The van der Waals surface area contributed by atoms with Crippen LogP contribution < -0.4 is 10.6 Å². The summed E-state index contributed by atoms with van der Waals surface area (Å²) in [6.45, 7) is 10.8. The van der Waals surface area contributed by atoms with Crippen molar-refractivity contribution in [2.45, 2.75) is 52.0 Å². The summed E-state index contributed by atoms with van der Waals surface area (Å²) in [4.78, 5) is 14.9. The van der Waals surface area contributed by atoms with Gasteiger partial charge in [-0.2, -0.15) is 0 Å². The molecule has 0 atom stereocenters. The standard InChI is InChI=1S/C19H34N6O/c1-15(2)5-10-24-11-6-16(7-12-24)13-21-19(26)18-14-25(23-22-18)17-3-8-20-9-4-17/h14-17,20H,3-13H2,1-2H3,(H,21,26). The maximum atomic E-state index is 12.4. The van der Waals surface area contributed by atoms with Crippen LogP contribution >= 0.6 is 0 Å². The van der Waals surface area contributed by atoms with Gasteiger partial charge in [0.25, 0.3) is 5.91 Å². The van der Waals surface area contributed by atoms with Gasteiger partial charge in [-0.25, -0.2) is 4.68 Å². The average molecular weight is 363 g/mol. The first kappa shape index (κ1) is 19.3. The Hall–Kier alpha value is -1.47. The predicted molar refractivity (Wildman–Crippen MR) is 102 cm³/mol. The number of nitrogens with zero attached hydrogens (tertiary/aromatic N) is 4. The highest BCUT2D eigenvalue weighted by Gasteiger charge is 2.22. The molecule has 1 aromatic heterocycles. The lowest BCUT2D eigenvalue weighted by Crippen LogP contribution is -2.39. The zero-order chi connectivity index (χ0) is 18.4. The second kappa shape index (κ2) is 9.46. The molecule has 7 nitrogen and oxygen atoms in total. The molecule has 0 unspecified atom stereocenters. The van der Waals surface area contributed by atoms with Gasteiger partial charge in [0.2, 0.25) is 0 Å². The van der Waals surface area contributed by atoms with Gasteiger partial charge in [-0.1, -0.05) is 19.1 Å². The third kappa shape index (κ3) is 5.51. The van der Waals surface area contributed by atoms with Crippen LogP contribution in [-0.2, 0) is 0 Å². The number of hydrogen-bond donors (Lipinski definition) is 2. The zero-order valence-corrected chi connectivity index (χ0v) is 16.3. The fourth-order valence-electron chi connectivity index (χ4n) is 3.81. The smallest absolute Gasteiger partial charge is 0.273 e. The number of nitrogens with one attached hydrogen (secondary N) is 2. The van der Waals surface area contributed by atoms with E-state index in [0.29, 0.717) is 17.7 Å². The molecule has 2 fully saturated rings. The molecule has 2 saturated heterocycles. The van der Waals surface area contributed by atoms with Crippen molar-refractivity contribution in [3.8, 4) is 0 Å². The lowest BCUT2D eigenvalue weighted by molar-refractivity contribution is 0.0930. The molecule has 7 heteroatoms. The molecule has 3 rings (SSSR count). The Morgan fingerprint density at radius 1 is 1.27 bits per heavy atom. The summed E-state index contributed by atoms with van der Waals surface area (Å²) in [6.07, 6.45) is 7.49. The Kier molecular flexibility index (Phi) is 7.02. The highest BCUT2D eigenvalue weighted by molar-refractivity contribution is 5.91. The summed E-state index contributed by atoms with van der Waals surface area (Å²) in [6, 6.07) is 0.362. The topological polar surface area (TPSA) is 75.1 Å². The van der Waals surface area contributed by atoms with Crippen LogP contribution in [0.5, 0.6) is 0 Å². The van der Waals surface area contributed by atoms with E-state index in [1.165, 1.54) is 25.8 Å². The molecule has 2 N–H and O–H groups in total. The number of amides is 1. The van der Waals surface area contributed by atoms with Crippen molar-refractivity contribution in [2.24, 2.45) is 11.8 Å². The van der Waals surface area contributed by atoms with Crippen molar-refractivity contribution < 1.29 is 4.79 Å². The molecule has 26 heavy (non-hydrogen) atoms. The third-order valence-corrected chi connectivity index (χ3v) is 5.71. The van der Waals surface area contributed by atoms with Crippen LogP contribution in [0.4, 0.5) is 0 Å². The van der Waals surface area contributed by atoms with Gasteiger partial charge >= 0.3 is 0 Å². The average Bonchev–Trinajstić information content (AvgIpc) is 3.16. The van der Waals surface area contributed by atoms with Crippen LogP contribution in [0.3, 0.4) is 0 Å². The van der Waals surface area contributed by atoms with Crippen molar-refractivity contribution in [2.75, 3.05) is 39.3 Å². The number of aromatic nitrogens is 3. The molecule has 0 radical (unpaired) electrons. The second-order valence-electron chi connectivity index (χ2n) is 8.24. The summed E-state index contributed by atoms with van der Waals surface area (Å²) >= 11 is 0. The fourth-order valence-corrected chi connectivity index (χ4v) is 3.81. The highest BCUT2D eigenvalue weighted by atomic mass is 16.2. The maximum Gasteiger partial charge on any atom is 0.273 e. The Morgan fingerprint density at radius 3 is 2.69 bits per heavy atom. The molecule has 1 aromatic rings. The molecular weight excluding hydrogens is 328 g/mol. The number of piperidine rings is 2. The molecule has 0 bridgehead atoms. The van der Waals surface area contributed by atoms with E-state index in [4.69, 9.17) is 0 Å². The highest BCUT2D eigenvalue weighted by Crippen LogP contribution is 2.18. The van der Waals surface area contributed by atoms with Crippen LogP contribution in [0, 0.1) is 11.8 Å². The largest absolute Gasteiger partial charge is 0.350 e. The maximum absolute atomic E-state index is 12.4. The van der Waals surface area contributed by atoms with Gasteiger partial charge in [-0.15, -0.1) is 5.10 Å². The van der Waals surface area contributed by atoms with E-state index in [9.17, 15) is 4.79 Å². The van der Waals surface area contributed by atoms with Gasteiger partial charge in [0, 0.05) is 6.54 Å². The van der Waals surface area contributed by atoms with E-state index < -0.39 is 0 Å². The van der Waals surface area contributed by atoms with Gasteiger partial charge in [0.1, 0.15) is 0 Å². The predicted octanol–water partition coefficient (Wildman–Crippen LogP) is 1.69. The van der Waals surface area contributed by atoms with Crippen LogP contribution in [0.2, 0.25) is 0 Å². The minimum absolute atomic E-state index is 0.0904. The van der Waals surface area contributed by atoms with Crippen molar-refractivity contribution in [1.29, 1.82) is 0 Å². The SMILES string of the molecule is CC(C)CCN1CCC(CNC(=O)c2cn(C3CCNCC3)nn2)CC1. The Labute approximate surface area is 156 Å². The Bertz CT molecular complexity index is 558. The molecule has 0 spiro atoms. The van der Waals surface area contributed by atoms with E-state index in [-0.39, 0.29) is 5.91 Å². The Morgan fingerprint density at radius 2 is 2.00 bits per heavy atom. The van der Waals surface area contributed by atoms with E-state index >= 15 is 0 Å². The van der Waals surface area contributed by atoms with Gasteiger partial charge in [0.15, 0.2) is 5.69 Å². The minimum Gasteiger partial charge on any atom is -0.350 e. The van der Waals surface area contributed by atoms with Gasteiger partial charge in [-0.05, 0) is 76.7 Å². The van der Waals surface area contributed by atoms with Gasteiger partial charge in [-0.3, -0.25) is 4.79 Å². The lowest BCUT2D eigenvalue weighted by atomic mass is 9.96. The summed E-state index contributed by atoms with van der Waals surface area (Å²) in [5, 5.41) is 14.7. The number of rotatable bonds is 7. The zero-order valence-electron chi connectivity index (χ0n) is 16.3. The van der Waals surface area contributed by atoms with Crippen LogP contribution in [-0.4, -0.2) is 65.1 Å². The van der Waals surface area contributed by atoms with E-state index in [1.807, 2.05) is 4.68 Å². The molecule has 1 amide bonds. The summed E-state index contributed by atoms with van der Waals surface area (Å²) in [5.74, 6) is 1.26. The lowest BCUT2D eigenvalue weighted by Gasteiger charge is -2.32. The third-order valence-electron chi connectivity index (χ3n) is 5.71. The first-order chi connectivity index (χ1) is 12.6. The van der Waals surface area contributed by atoms with E-state index in [1.54, 1.807) is 6.20 Å². The molecule has 0 aliphatic carbocycles. The van der Waals surface area contributed by atoms with E-state index in [2.05, 4.69) is 39.7 Å². The molecule has 2 aliphatic heterocycles. The first-order valence-corrected chi connectivity index (χ1v) is 10.2. The van der Waals surface area contributed by atoms with Crippen LogP contribution in [0.15, 0.2) is 6.20 Å². The quantitative estimate of drug-likeness (QED) is 0.772. The summed E-state index contributed by atoms with van der Waals surface area (Å²) in [7, 11) is 0. The molecular formula is C19H34N6O. The monoisotopic (exact) mass is 362 g/mol. The molecule has 0 aromatic carbocycles. The molecule has 146 valence electrons. The number of carbonyl (C=O) groups excluding carboxylic acids is 1. The molecule has 3 heterocycles. The second-order valence-corrected chi connectivity index (χ2v) is 8.24. The van der Waals surface area contributed by atoms with Crippen molar-refractivity contribution >= 4 is 5.91 Å². The molecule has 0 saturated carbocycles. The van der Waals surface area contributed by atoms with Gasteiger partial charge in [0.05, 0.1) is 12.2 Å².